The summed E-state index contributed by atoms with van der Waals surface area (Å²) in [5.74, 6) is -0.344. The van der Waals surface area contributed by atoms with Gasteiger partial charge in [0.15, 0.2) is 0 Å². The van der Waals surface area contributed by atoms with Crippen LogP contribution in [0.3, 0.4) is 0 Å². The second-order valence-corrected chi connectivity index (χ2v) is 4.11. The van der Waals surface area contributed by atoms with Crippen LogP contribution in [-0.2, 0) is 6.54 Å². The van der Waals surface area contributed by atoms with Crippen LogP contribution in [0.4, 0.5) is 18.0 Å². The summed E-state index contributed by atoms with van der Waals surface area (Å²) in [6, 6.07) is 5.34. The fourth-order valence-electron chi connectivity index (χ4n) is 1.51. The van der Waals surface area contributed by atoms with E-state index in [0.717, 1.165) is 0 Å². The lowest BCUT2D eigenvalue weighted by Gasteiger charge is -2.14. The zero-order valence-electron chi connectivity index (χ0n) is 10.9. The monoisotopic (exact) mass is 308 g/mol. The number of amides is 1. The van der Waals surface area contributed by atoms with E-state index in [2.05, 4.69) is 15.4 Å². The number of nitrogens with one attached hydrogen (secondary N) is 2. The number of hydrogen-bond donors (Lipinski definition) is 4. The lowest BCUT2D eigenvalue weighted by atomic mass is 10.2. The van der Waals surface area contributed by atoms with Gasteiger partial charge in [-0.2, -0.15) is 0 Å². The van der Waals surface area contributed by atoms with Crippen molar-refractivity contribution in [2.45, 2.75) is 25.6 Å². The quantitative estimate of drug-likeness (QED) is 0.575. The van der Waals surface area contributed by atoms with E-state index in [0.29, 0.717) is 5.56 Å². The van der Waals surface area contributed by atoms with E-state index in [1.807, 2.05) is 0 Å². The Bertz CT molecular complexity index is 468. The van der Waals surface area contributed by atoms with Crippen LogP contribution in [0.15, 0.2) is 24.3 Å². The number of carbonyl (C=O) groups is 1. The van der Waals surface area contributed by atoms with Gasteiger partial charge in [0.25, 0.3) is 0 Å². The van der Waals surface area contributed by atoms with Crippen molar-refractivity contribution >= 4 is 6.09 Å². The fourth-order valence-corrected chi connectivity index (χ4v) is 1.51. The molecule has 9 heteroatoms. The zero-order chi connectivity index (χ0) is 15.9. The van der Waals surface area contributed by atoms with Crippen LogP contribution in [0.5, 0.6) is 5.75 Å². The number of rotatable bonds is 7. The highest BCUT2D eigenvalue weighted by Crippen LogP contribution is 2.23. The summed E-state index contributed by atoms with van der Waals surface area (Å²) in [6.07, 6.45) is -6.80. The molecule has 0 fully saturated rings. The third-order valence-corrected chi connectivity index (χ3v) is 2.37. The van der Waals surface area contributed by atoms with Crippen molar-refractivity contribution in [1.29, 1.82) is 0 Å². The summed E-state index contributed by atoms with van der Waals surface area (Å²) in [4.78, 5) is 10.2. The number of halogens is 3. The van der Waals surface area contributed by atoms with E-state index in [9.17, 15) is 23.1 Å². The van der Waals surface area contributed by atoms with E-state index in [-0.39, 0.29) is 25.3 Å². The van der Waals surface area contributed by atoms with Crippen LogP contribution in [-0.4, -0.2) is 35.4 Å². The molecule has 0 saturated heterocycles. The van der Waals surface area contributed by atoms with Crippen LogP contribution in [0.1, 0.15) is 12.0 Å². The summed E-state index contributed by atoms with van der Waals surface area (Å²) in [6.45, 7) is 0.171. The van der Waals surface area contributed by atoms with Crippen LogP contribution < -0.4 is 15.4 Å². The van der Waals surface area contributed by atoms with Crippen molar-refractivity contribution in [2.24, 2.45) is 0 Å². The highest BCUT2D eigenvalue weighted by molar-refractivity contribution is 5.64. The highest BCUT2D eigenvalue weighted by atomic mass is 19.4. The van der Waals surface area contributed by atoms with Crippen molar-refractivity contribution in [2.75, 3.05) is 6.54 Å². The topological polar surface area (TPSA) is 90.8 Å². The summed E-state index contributed by atoms with van der Waals surface area (Å²) in [7, 11) is 0. The Morgan fingerprint density at radius 3 is 2.71 bits per heavy atom. The molecule has 4 N–H and O–H groups in total. The van der Waals surface area contributed by atoms with Crippen molar-refractivity contribution in [3.63, 3.8) is 0 Å². The number of aliphatic hydroxyl groups is 1. The Morgan fingerprint density at radius 1 is 1.38 bits per heavy atom. The molecule has 0 saturated carbocycles. The molecule has 0 aromatic heterocycles. The van der Waals surface area contributed by atoms with Crippen LogP contribution in [0.2, 0.25) is 0 Å². The molecule has 1 unspecified atom stereocenters. The van der Waals surface area contributed by atoms with Gasteiger partial charge in [0.2, 0.25) is 0 Å². The number of ether oxygens (including phenoxy) is 1. The van der Waals surface area contributed by atoms with E-state index >= 15 is 0 Å². The summed E-state index contributed by atoms with van der Waals surface area (Å²) < 4.78 is 40.0. The number of aliphatic hydroxyl groups excluding tert-OH is 1. The van der Waals surface area contributed by atoms with Gasteiger partial charge < -0.3 is 20.3 Å². The molecule has 6 nitrogen and oxygen atoms in total. The summed E-state index contributed by atoms with van der Waals surface area (Å²) in [5, 5.41) is 22.6. The second kappa shape index (κ2) is 7.70. The Labute approximate surface area is 118 Å². The average Bonchev–Trinajstić information content (AvgIpc) is 2.34. The predicted octanol–water partition coefficient (Wildman–Crippen LogP) is 1.65. The van der Waals surface area contributed by atoms with E-state index in [1.54, 1.807) is 6.07 Å². The van der Waals surface area contributed by atoms with E-state index in [1.165, 1.54) is 18.2 Å². The second-order valence-electron chi connectivity index (χ2n) is 4.11. The Balaban J connectivity index is 2.41. The van der Waals surface area contributed by atoms with Crippen molar-refractivity contribution in [3.8, 4) is 5.75 Å². The highest BCUT2D eigenvalue weighted by Gasteiger charge is 2.31. The molecule has 0 spiro atoms. The normalized spacial score (nSPS) is 12.8. The maximum Gasteiger partial charge on any atom is 0.573 e. The van der Waals surface area contributed by atoms with Gasteiger partial charge in [-0.1, -0.05) is 12.1 Å². The van der Waals surface area contributed by atoms with Gasteiger partial charge in [-0.3, -0.25) is 5.32 Å². The molecule has 118 valence electrons. The predicted molar refractivity (Wildman–Crippen MR) is 66.6 cm³/mol. The fraction of sp³-hybridized carbons (Fsp3) is 0.417. The number of carboxylic acid groups (broad SMARTS) is 1. The van der Waals surface area contributed by atoms with Gasteiger partial charge >= 0.3 is 12.5 Å². The Hall–Kier alpha value is -2.00. The van der Waals surface area contributed by atoms with Gasteiger partial charge in [0.1, 0.15) is 12.0 Å². The third-order valence-electron chi connectivity index (χ3n) is 2.37. The third kappa shape index (κ3) is 8.00. The van der Waals surface area contributed by atoms with E-state index < -0.39 is 18.7 Å². The minimum atomic E-state index is -4.76. The molecule has 1 aromatic rings. The first-order valence-corrected chi connectivity index (χ1v) is 5.99. The first-order valence-electron chi connectivity index (χ1n) is 5.99. The molecule has 0 heterocycles. The number of benzene rings is 1. The molecule has 1 aromatic carbocycles. The van der Waals surface area contributed by atoms with Gasteiger partial charge in [0.05, 0.1) is 0 Å². The van der Waals surface area contributed by atoms with Crippen molar-refractivity contribution < 1.29 is 32.9 Å². The standard InChI is InChI=1S/C12H15F3N2O4/c13-12(14,15)21-9-3-1-2-8(6-9)7-17-10(18)4-5-16-11(19)20/h1-3,6,10,16-18H,4-5,7H2,(H,19,20). The molecule has 0 bridgehead atoms. The average molecular weight is 308 g/mol. The van der Waals surface area contributed by atoms with Crippen molar-refractivity contribution in [3.05, 3.63) is 29.8 Å². The maximum atomic E-state index is 12.1. The van der Waals surface area contributed by atoms with Gasteiger partial charge in [-0.05, 0) is 17.7 Å². The molecular formula is C12H15F3N2O4. The minimum absolute atomic E-state index is 0.0563. The molecule has 0 aliphatic rings. The molecule has 0 aliphatic heterocycles. The smallest absolute Gasteiger partial charge is 0.465 e. The Morgan fingerprint density at radius 2 is 2.10 bits per heavy atom. The van der Waals surface area contributed by atoms with Gasteiger partial charge in [-0.15, -0.1) is 13.2 Å². The zero-order valence-corrected chi connectivity index (χ0v) is 10.9. The number of hydrogen-bond acceptors (Lipinski definition) is 4. The lowest BCUT2D eigenvalue weighted by molar-refractivity contribution is -0.274. The first-order chi connectivity index (χ1) is 9.76. The molecule has 21 heavy (non-hydrogen) atoms. The minimum Gasteiger partial charge on any atom is -0.465 e. The lowest BCUT2D eigenvalue weighted by Crippen LogP contribution is -2.33. The first kappa shape index (κ1) is 17.1. The van der Waals surface area contributed by atoms with Crippen LogP contribution >= 0.6 is 0 Å². The van der Waals surface area contributed by atoms with Crippen LogP contribution in [0.25, 0.3) is 0 Å². The molecular weight excluding hydrogens is 293 g/mol. The molecule has 1 atom stereocenters. The van der Waals surface area contributed by atoms with Gasteiger partial charge in [0, 0.05) is 19.5 Å². The molecule has 0 radical (unpaired) electrons. The summed E-state index contributed by atoms with van der Waals surface area (Å²) >= 11 is 0. The van der Waals surface area contributed by atoms with Gasteiger partial charge in [-0.25, -0.2) is 4.79 Å². The maximum absolute atomic E-state index is 12.1. The SMILES string of the molecule is O=C(O)NCCC(O)NCc1cccc(OC(F)(F)F)c1. The molecule has 1 amide bonds. The molecule has 1 rings (SSSR count). The Kier molecular flexibility index (Phi) is 6.25. The largest absolute Gasteiger partial charge is 0.573 e. The number of alkyl halides is 3. The molecule has 0 aliphatic carbocycles. The van der Waals surface area contributed by atoms with Crippen LogP contribution in [0, 0.1) is 0 Å². The van der Waals surface area contributed by atoms with E-state index in [4.69, 9.17) is 5.11 Å². The summed E-state index contributed by atoms with van der Waals surface area (Å²) in [5.41, 5.74) is 0.488. The van der Waals surface area contributed by atoms with Crippen molar-refractivity contribution in [1.82, 2.24) is 10.6 Å².